The Morgan fingerprint density at radius 3 is 2.38 bits per heavy atom. The molecule has 0 atom stereocenters. The van der Waals surface area contributed by atoms with Gasteiger partial charge in [-0.2, -0.15) is 5.21 Å². The number of aryl methyl sites for hydroxylation is 1. The fourth-order valence-electron chi connectivity index (χ4n) is 4.17. The lowest BCUT2D eigenvalue weighted by Crippen LogP contribution is -2.24. The van der Waals surface area contributed by atoms with Gasteiger partial charge in [-0.15, -0.1) is 10.2 Å². The van der Waals surface area contributed by atoms with Crippen molar-refractivity contribution in [2.75, 3.05) is 0 Å². The first-order chi connectivity index (χ1) is 16.7. The van der Waals surface area contributed by atoms with E-state index in [4.69, 9.17) is 0 Å². The molecule has 0 amide bonds. The summed E-state index contributed by atoms with van der Waals surface area (Å²) in [6, 6.07) is 22.9. The van der Waals surface area contributed by atoms with Crippen molar-refractivity contribution >= 4 is 0 Å². The number of nitrogens with one attached hydrogen (secondary N) is 1. The molecule has 2 N–H and O–H groups in total. The predicted molar refractivity (Wildman–Crippen MR) is 130 cm³/mol. The number of para-hydroxylation sites is 2. The lowest BCUT2D eigenvalue weighted by molar-refractivity contribution is 0.471. The lowest BCUT2D eigenvalue weighted by Gasteiger charge is -2.10. The van der Waals surface area contributed by atoms with E-state index in [1.54, 1.807) is 22.8 Å². The highest BCUT2D eigenvalue weighted by Crippen LogP contribution is 2.30. The highest BCUT2D eigenvalue weighted by molar-refractivity contribution is 5.80. The van der Waals surface area contributed by atoms with Crippen LogP contribution in [0.3, 0.4) is 0 Å². The first-order valence-electron chi connectivity index (χ1n) is 11.2. The van der Waals surface area contributed by atoms with Gasteiger partial charge in [0, 0.05) is 17.5 Å². The third kappa shape index (κ3) is 4.01. The molecule has 34 heavy (non-hydrogen) atoms. The van der Waals surface area contributed by atoms with E-state index in [9.17, 15) is 9.90 Å². The minimum atomic E-state index is -0.170. The van der Waals surface area contributed by atoms with E-state index in [1.165, 1.54) is 4.57 Å². The molecule has 5 rings (SSSR count). The van der Waals surface area contributed by atoms with E-state index >= 15 is 0 Å². The molecule has 2 aromatic heterocycles. The summed E-state index contributed by atoms with van der Waals surface area (Å²) in [5.41, 5.74) is 5.18. The van der Waals surface area contributed by atoms with Crippen LogP contribution in [0.2, 0.25) is 0 Å². The third-order valence-electron chi connectivity index (χ3n) is 5.83. The van der Waals surface area contributed by atoms with Crippen LogP contribution in [0.5, 0.6) is 5.75 Å². The van der Waals surface area contributed by atoms with Crippen LogP contribution in [0.15, 0.2) is 83.8 Å². The molecule has 0 fully saturated rings. The summed E-state index contributed by atoms with van der Waals surface area (Å²) in [6.07, 6.45) is 3.51. The molecule has 0 unspecified atom stereocenters. The largest absolute Gasteiger partial charge is 0.506 e. The third-order valence-corrected chi connectivity index (χ3v) is 5.83. The number of phenolic OH excluding ortho intramolecular Hbond substituents is 1. The number of aromatic nitrogens is 6. The smallest absolute Gasteiger partial charge is 0.333 e. The molecule has 0 aliphatic heterocycles. The fourth-order valence-corrected chi connectivity index (χ4v) is 4.17. The van der Waals surface area contributed by atoms with Gasteiger partial charge in [-0.25, -0.2) is 4.79 Å². The molecule has 0 aliphatic rings. The molecule has 170 valence electrons. The van der Waals surface area contributed by atoms with Gasteiger partial charge in [0.15, 0.2) is 0 Å². The van der Waals surface area contributed by atoms with Crippen LogP contribution in [-0.2, 0) is 13.0 Å². The molecule has 0 radical (unpaired) electrons. The Kier molecular flexibility index (Phi) is 5.78. The van der Waals surface area contributed by atoms with Crippen LogP contribution in [0.1, 0.15) is 24.6 Å². The average Bonchev–Trinajstić information content (AvgIpc) is 3.50. The van der Waals surface area contributed by atoms with Crippen molar-refractivity contribution in [3.63, 3.8) is 0 Å². The second kappa shape index (κ2) is 9.19. The van der Waals surface area contributed by atoms with Gasteiger partial charge in [-0.1, -0.05) is 74.0 Å². The molecule has 5 aromatic rings. The number of aromatic hydroxyl groups is 1. The molecule has 3 aromatic carbocycles. The number of benzene rings is 3. The number of aromatic amines is 1. The molecule has 8 nitrogen and oxygen atoms in total. The molecular weight excluding hydrogens is 428 g/mol. The topological polar surface area (TPSA) is 102 Å². The second-order valence-electron chi connectivity index (χ2n) is 8.08. The molecule has 0 saturated carbocycles. The Hall–Kier alpha value is -4.46. The Morgan fingerprint density at radius 2 is 1.68 bits per heavy atom. The first-order valence-corrected chi connectivity index (χ1v) is 11.2. The molecule has 0 saturated heterocycles. The molecule has 2 heterocycles. The zero-order chi connectivity index (χ0) is 23.5. The zero-order valence-corrected chi connectivity index (χ0v) is 18.7. The van der Waals surface area contributed by atoms with Crippen molar-refractivity contribution < 1.29 is 5.11 Å². The first kappa shape index (κ1) is 21.4. The van der Waals surface area contributed by atoms with Crippen molar-refractivity contribution in [2.45, 2.75) is 26.3 Å². The van der Waals surface area contributed by atoms with Crippen LogP contribution in [0.4, 0.5) is 0 Å². The Morgan fingerprint density at radius 1 is 0.941 bits per heavy atom. The molecular formula is C26H24N6O2. The van der Waals surface area contributed by atoms with Gasteiger partial charge in [-0.3, -0.25) is 9.13 Å². The van der Waals surface area contributed by atoms with E-state index in [1.807, 2.05) is 60.8 Å². The Balaban J connectivity index is 1.48. The van der Waals surface area contributed by atoms with Crippen LogP contribution < -0.4 is 5.69 Å². The summed E-state index contributed by atoms with van der Waals surface area (Å²) < 4.78 is 3.30. The standard InChI is InChI=1S/C26H24N6O2/c1-2-7-20-17-32(23-10-5-6-11-24(23)33)26(34)31(20)16-18-12-14-19(15-13-18)21-8-3-4-9-22(21)25-27-29-30-28-25/h3-6,8-15,17,33H,2,7,16H2,1H3,(H,27,28,29,30). The summed E-state index contributed by atoms with van der Waals surface area (Å²) >= 11 is 0. The predicted octanol–water partition coefficient (Wildman–Crippen LogP) is 4.19. The number of imidazole rings is 1. The highest BCUT2D eigenvalue weighted by atomic mass is 16.3. The maximum Gasteiger partial charge on any atom is 0.333 e. The van der Waals surface area contributed by atoms with Crippen LogP contribution >= 0.6 is 0 Å². The van der Waals surface area contributed by atoms with Gasteiger partial charge in [0.05, 0.1) is 12.2 Å². The number of nitrogens with zero attached hydrogens (tertiary/aromatic N) is 5. The van der Waals surface area contributed by atoms with Gasteiger partial charge in [0.1, 0.15) is 5.75 Å². The van der Waals surface area contributed by atoms with E-state index in [0.717, 1.165) is 40.8 Å². The summed E-state index contributed by atoms with van der Waals surface area (Å²) in [5, 5.41) is 24.6. The monoisotopic (exact) mass is 452 g/mol. The highest BCUT2D eigenvalue weighted by Gasteiger charge is 2.15. The molecule has 8 heteroatoms. The Labute approximate surface area is 196 Å². The molecule has 0 aliphatic carbocycles. The average molecular weight is 453 g/mol. The quantitative estimate of drug-likeness (QED) is 0.386. The van der Waals surface area contributed by atoms with Crippen molar-refractivity contribution in [1.82, 2.24) is 29.8 Å². The SMILES string of the molecule is CCCc1cn(-c2ccccc2O)c(=O)n1Cc1ccc(-c2ccccc2-c2nn[nH]n2)cc1. The van der Waals surface area contributed by atoms with E-state index < -0.39 is 0 Å². The van der Waals surface area contributed by atoms with E-state index in [-0.39, 0.29) is 11.4 Å². The number of hydrogen-bond donors (Lipinski definition) is 2. The number of phenols is 1. The van der Waals surface area contributed by atoms with Gasteiger partial charge >= 0.3 is 5.69 Å². The summed E-state index contributed by atoms with van der Waals surface area (Å²) in [7, 11) is 0. The lowest BCUT2D eigenvalue weighted by atomic mass is 9.98. The van der Waals surface area contributed by atoms with Gasteiger partial charge in [-0.05, 0) is 40.5 Å². The summed E-state index contributed by atoms with van der Waals surface area (Å²) in [6.45, 7) is 2.53. The molecule has 0 bridgehead atoms. The molecule has 0 spiro atoms. The van der Waals surface area contributed by atoms with Gasteiger partial charge in [0.2, 0.25) is 5.82 Å². The fraction of sp³-hybridized carbons (Fsp3) is 0.154. The second-order valence-corrected chi connectivity index (χ2v) is 8.08. The minimum absolute atomic E-state index is 0.0782. The van der Waals surface area contributed by atoms with E-state index in [2.05, 4.69) is 27.5 Å². The minimum Gasteiger partial charge on any atom is -0.506 e. The van der Waals surface area contributed by atoms with Gasteiger partial charge < -0.3 is 5.11 Å². The summed E-state index contributed by atoms with van der Waals surface area (Å²) in [5.74, 6) is 0.621. The van der Waals surface area contributed by atoms with Crippen LogP contribution in [-0.4, -0.2) is 34.9 Å². The number of hydrogen-bond acceptors (Lipinski definition) is 5. The van der Waals surface area contributed by atoms with Crippen molar-refractivity contribution in [3.05, 3.63) is 101 Å². The summed E-state index contributed by atoms with van der Waals surface area (Å²) in [4.78, 5) is 13.3. The zero-order valence-electron chi connectivity index (χ0n) is 18.7. The Bertz CT molecular complexity index is 1470. The number of H-pyrrole nitrogens is 1. The van der Waals surface area contributed by atoms with Crippen LogP contribution in [0, 0.1) is 0 Å². The number of tetrazole rings is 1. The van der Waals surface area contributed by atoms with Crippen LogP contribution in [0.25, 0.3) is 28.2 Å². The van der Waals surface area contributed by atoms with Crippen molar-refractivity contribution in [3.8, 4) is 34.0 Å². The maximum absolute atomic E-state index is 13.3. The normalized spacial score (nSPS) is 11.1. The number of rotatable bonds is 7. The van der Waals surface area contributed by atoms with Crippen molar-refractivity contribution in [1.29, 1.82) is 0 Å². The maximum atomic E-state index is 13.3. The van der Waals surface area contributed by atoms with Crippen molar-refractivity contribution in [2.24, 2.45) is 0 Å². The van der Waals surface area contributed by atoms with E-state index in [0.29, 0.717) is 18.1 Å². The van der Waals surface area contributed by atoms with Gasteiger partial charge in [0.25, 0.3) is 0 Å².